The van der Waals surface area contributed by atoms with Crippen molar-refractivity contribution in [2.45, 2.75) is 88.5 Å². The fourth-order valence-electron chi connectivity index (χ4n) is 8.44. The highest BCUT2D eigenvalue weighted by Crippen LogP contribution is 2.55. The van der Waals surface area contributed by atoms with Gasteiger partial charge in [-0.05, 0) is 86.0 Å². The van der Waals surface area contributed by atoms with E-state index >= 15 is 4.57 Å². The summed E-state index contributed by atoms with van der Waals surface area (Å²) in [5.74, 6) is -2.90. The standard InChI is InChI=1S/C49H51ClN5O20P/c1-27(57)69-40-36(72-46(42(40)70-28(2)58)53-22-20-37(52-48(53)62)51-44(60)29-12-16-31(65-3)17-13-29)26-68-76(64,74-34-10-6-5-9-33(34)50)75-41-35(25-56)71-47(43(41)73-39-11-7-8-24-67-39)54-23-21-38(59)55(49(54)63)45(61)30-14-18-32(66-4)19-15-30/h5-6,9-10,12-23,35-36,39-43,46-47,56H,7-8,11,24-26H2,1-4H3,(H,51,52,60,62)/t35-,36-,39?,40-,41-,42-,43-,46-,47-,76?/m1/s1. The number of hydrogen-bond donors (Lipinski definition) is 2. The van der Waals surface area contributed by atoms with Crippen LogP contribution in [0, 0.1) is 0 Å². The van der Waals surface area contributed by atoms with E-state index in [-0.39, 0.29) is 34.3 Å². The van der Waals surface area contributed by atoms with Gasteiger partial charge >= 0.3 is 31.1 Å². The lowest BCUT2D eigenvalue weighted by molar-refractivity contribution is -0.215. The molecule has 5 aromatic rings. The topological polar surface area (TPSA) is 298 Å². The number of ether oxygens (including phenoxy) is 8. The number of rotatable bonds is 19. The zero-order valence-electron chi connectivity index (χ0n) is 41.0. The average Bonchev–Trinajstić information content (AvgIpc) is 3.93. The Bertz CT molecular complexity index is 3150. The number of halogens is 1. The van der Waals surface area contributed by atoms with Crippen LogP contribution in [0.2, 0.25) is 5.02 Å². The second kappa shape index (κ2) is 24.3. The fourth-order valence-corrected chi connectivity index (χ4v) is 10.1. The molecule has 27 heteroatoms. The summed E-state index contributed by atoms with van der Waals surface area (Å²) in [5, 5.41) is 13.3. The van der Waals surface area contributed by atoms with Gasteiger partial charge in [-0.2, -0.15) is 9.55 Å². The number of carbonyl (C=O) groups excluding carboxylic acids is 4. The molecule has 0 spiro atoms. The summed E-state index contributed by atoms with van der Waals surface area (Å²) in [7, 11) is -2.35. The summed E-state index contributed by atoms with van der Waals surface area (Å²) in [6, 6.07) is 19.7. The number of methoxy groups -OCH3 is 2. The van der Waals surface area contributed by atoms with E-state index in [1.165, 1.54) is 81.1 Å². The number of aliphatic hydroxyl groups is 1. The van der Waals surface area contributed by atoms with Gasteiger partial charge in [-0.1, -0.05) is 23.7 Å². The molecule has 25 nitrogen and oxygen atoms in total. The van der Waals surface area contributed by atoms with Gasteiger partial charge in [-0.15, -0.1) is 0 Å². The van der Waals surface area contributed by atoms with E-state index in [1.54, 1.807) is 18.2 Å². The lowest BCUT2D eigenvalue weighted by Gasteiger charge is -2.32. The number of aliphatic hydroxyl groups excluding tert-OH is 1. The molecule has 0 aliphatic carbocycles. The maximum Gasteiger partial charge on any atom is 0.530 e. The second-order valence-electron chi connectivity index (χ2n) is 17.1. The van der Waals surface area contributed by atoms with Gasteiger partial charge in [0.2, 0.25) is 0 Å². The van der Waals surface area contributed by atoms with E-state index in [1.807, 2.05) is 0 Å². The third kappa shape index (κ3) is 12.6. The minimum absolute atomic E-state index is 0.0428. The van der Waals surface area contributed by atoms with Gasteiger partial charge in [0, 0.05) is 50.0 Å². The summed E-state index contributed by atoms with van der Waals surface area (Å²) in [4.78, 5) is 97.3. The molecule has 10 atom stereocenters. The van der Waals surface area contributed by atoms with Crippen LogP contribution in [0.3, 0.4) is 0 Å². The van der Waals surface area contributed by atoms with Crippen molar-refractivity contribution in [1.29, 1.82) is 0 Å². The van der Waals surface area contributed by atoms with Crippen LogP contribution in [-0.4, -0.2) is 124 Å². The first-order valence-electron chi connectivity index (χ1n) is 23.5. The van der Waals surface area contributed by atoms with Crippen LogP contribution >= 0.6 is 19.4 Å². The number of phosphoric acid groups is 1. The van der Waals surface area contributed by atoms with Gasteiger partial charge in [0.25, 0.3) is 17.4 Å². The SMILES string of the molecule is COc1ccc(C(=O)Nc2ccn([C@@H]3O[C@H](COP(=O)(Oc4ccccc4Cl)O[C@H]4[C@@H](OC5CCCCO5)[C@H](n5ccc(=O)n(C(=O)c6ccc(OC)cc6)c5=O)O[C@@H]4CO)[C@@H](OC(C)=O)[C@H]3OC(C)=O)c(=O)n2)cc1. The molecule has 1 amide bonds. The zero-order valence-corrected chi connectivity index (χ0v) is 42.6. The molecule has 0 bridgehead atoms. The van der Waals surface area contributed by atoms with Gasteiger partial charge < -0.3 is 52.8 Å². The number of phosphoric ester groups is 1. The van der Waals surface area contributed by atoms with E-state index < -0.39 is 117 Å². The molecule has 3 aromatic carbocycles. The lowest BCUT2D eigenvalue weighted by Crippen LogP contribution is -2.47. The normalized spacial score (nSPS) is 23.9. The van der Waals surface area contributed by atoms with E-state index in [4.69, 9.17) is 63.1 Å². The average molecular weight is 1100 g/mol. The van der Waals surface area contributed by atoms with Crippen molar-refractivity contribution >= 4 is 49.0 Å². The number of anilines is 1. The van der Waals surface area contributed by atoms with Crippen LogP contribution in [0.1, 0.15) is 66.3 Å². The van der Waals surface area contributed by atoms with Gasteiger partial charge in [-0.25, -0.2) is 14.2 Å². The van der Waals surface area contributed by atoms with Crippen molar-refractivity contribution in [3.63, 3.8) is 0 Å². The Morgan fingerprint density at radius 2 is 1.41 bits per heavy atom. The molecule has 8 rings (SSSR count). The molecule has 3 fully saturated rings. The highest BCUT2D eigenvalue weighted by Gasteiger charge is 2.55. The molecular weight excluding hydrogens is 1040 g/mol. The van der Waals surface area contributed by atoms with Crippen molar-refractivity contribution < 1.29 is 80.3 Å². The molecule has 2 unspecified atom stereocenters. The third-order valence-electron chi connectivity index (χ3n) is 12.0. The van der Waals surface area contributed by atoms with Gasteiger partial charge in [0.1, 0.15) is 47.5 Å². The van der Waals surface area contributed by atoms with Gasteiger partial charge in [0.15, 0.2) is 31.0 Å². The molecule has 5 heterocycles. The highest BCUT2D eigenvalue weighted by atomic mass is 35.5. The number of benzene rings is 3. The Kier molecular flexibility index (Phi) is 17.6. The van der Waals surface area contributed by atoms with Gasteiger partial charge in [-0.3, -0.25) is 42.2 Å². The first kappa shape index (κ1) is 55.2. The first-order chi connectivity index (χ1) is 36.5. The molecule has 2 N–H and O–H groups in total. The van der Waals surface area contributed by atoms with Crippen LogP contribution < -0.4 is 36.3 Å². The Balaban J connectivity index is 1.12. The van der Waals surface area contributed by atoms with Crippen molar-refractivity contribution in [2.24, 2.45) is 0 Å². The number of nitrogens with zero attached hydrogens (tertiary/aromatic N) is 4. The number of para-hydroxylation sites is 1. The number of nitrogens with one attached hydrogen (secondary N) is 1. The van der Waals surface area contributed by atoms with E-state index in [9.17, 15) is 38.7 Å². The van der Waals surface area contributed by atoms with E-state index in [0.29, 0.717) is 35.3 Å². The van der Waals surface area contributed by atoms with Crippen molar-refractivity contribution in [1.82, 2.24) is 18.7 Å². The maximum absolute atomic E-state index is 15.4. The lowest BCUT2D eigenvalue weighted by atomic mass is 10.1. The summed E-state index contributed by atoms with van der Waals surface area (Å²) >= 11 is 6.49. The summed E-state index contributed by atoms with van der Waals surface area (Å²) in [5.41, 5.74) is -3.02. The van der Waals surface area contributed by atoms with Crippen LogP contribution in [0.5, 0.6) is 17.2 Å². The quantitative estimate of drug-likeness (QED) is 0.0871. The molecular formula is C49H51ClN5O20P. The minimum Gasteiger partial charge on any atom is -0.497 e. The van der Waals surface area contributed by atoms with Crippen LogP contribution in [-0.2, 0) is 51.6 Å². The van der Waals surface area contributed by atoms with Crippen LogP contribution in [0.15, 0.2) is 112 Å². The molecule has 0 saturated carbocycles. The molecule has 2 aromatic heterocycles. The van der Waals surface area contributed by atoms with Crippen molar-refractivity contribution in [3.8, 4) is 17.2 Å². The summed E-state index contributed by atoms with van der Waals surface area (Å²) < 4.78 is 82.0. The van der Waals surface area contributed by atoms with Crippen LogP contribution in [0.4, 0.5) is 5.82 Å². The largest absolute Gasteiger partial charge is 0.530 e. The maximum atomic E-state index is 15.4. The van der Waals surface area contributed by atoms with E-state index in [0.717, 1.165) is 35.2 Å². The number of aromatic nitrogens is 4. The molecule has 3 aliphatic rings. The first-order valence-corrected chi connectivity index (χ1v) is 25.3. The van der Waals surface area contributed by atoms with Gasteiger partial charge in [0.05, 0.1) is 32.5 Å². The molecule has 76 heavy (non-hydrogen) atoms. The Morgan fingerprint density at radius 1 is 0.776 bits per heavy atom. The number of amides is 1. The smallest absolute Gasteiger partial charge is 0.497 e. The van der Waals surface area contributed by atoms with Crippen LogP contribution in [0.25, 0.3) is 0 Å². The predicted octanol–water partition coefficient (Wildman–Crippen LogP) is 4.03. The molecule has 3 saturated heterocycles. The molecule has 0 radical (unpaired) electrons. The Morgan fingerprint density at radius 3 is 2.03 bits per heavy atom. The molecule has 404 valence electrons. The van der Waals surface area contributed by atoms with Crippen molar-refractivity contribution in [3.05, 3.63) is 145 Å². The Hall–Kier alpha value is -7.06. The number of carbonyl (C=O) groups is 4. The Labute approximate surface area is 436 Å². The number of esters is 2. The highest BCUT2D eigenvalue weighted by molar-refractivity contribution is 7.49. The fraction of sp³-hybridized carbons (Fsp3) is 0.388. The van der Waals surface area contributed by atoms with E-state index in [2.05, 4.69) is 10.3 Å². The van der Waals surface area contributed by atoms with Crippen molar-refractivity contribution in [2.75, 3.05) is 39.4 Å². The molecule has 3 aliphatic heterocycles. The second-order valence-corrected chi connectivity index (χ2v) is 19.0. The predicted molar refractivity (Wildman–Crippen MR) is 262 cm³/mol. The number of hydrogen-bond acceptors (Lipinski definition) is 21. The zero-order chi connectivity index (χ0) is 54.3. The monoisotopic (exact) mass is 1100 g/mol. The summed E-state index contributed by atoms with van der Waals surface area (Å²) in [6.07, 6.45) is -9.86. The minimum atomic E-state index is -5.24. The third-order valence-corrected chi connectivity index (χ3v) is 13.7. The summed E-state index contributed by atoms with van der Waals surface area (Å²) in [6.45, 7) is 0.603.